The van der Waals surface area contributed by atoms with Crippen LogP contribution >= 0.6 is 0 Å². The van der Waals surface area contributed by atoms with E-state index in [-0.39, 0.29) is 6.03 Å². The van der Waals surface area contributed by atoms with Crippen LogP contribution in [0.3, 0.4) is 0 Å². The molecule has 2 aromatic carbocycles. The molecule has 0 saturated carbocycles. The molecule has 0 fully saturated rings. The highest BCUT2D eigenvalue weighted by Gasteiger charge is 2.08. The number of amides is 2. The van der Waals surface area contributed by atoms with Crippen molar-refractivity contribution in [1.82, 2.24) is 10.2 Å². The van der Waals surface area contributed by atoms with Crippen LogP contribution < -0.4 is 10.1 Å². The van der Waals surface area contributed by atoms with E-state index in [2.05, 4.69) is 11.4 Å². The van der Waals surface area contributed by atoms with Crippen molar-refractivity contribution in [1.29, 1.82) is 0 Å². The van der Waals surface area contributed by atoms with Crippen molar-refractivity contribution in [3.05, 3.63) is 65.2 Å². The van der Waals surface area contributed by atoms with Crippen LogP contribution in [0.15, 0.2) is 48.5 Å². The lowest BCUT2D eigenvalue weighted by atomic mass is 10.1. The molecule has 0 saturated heterocycles. The monoisotopic (exact) mass is 312 g/mol. The van der Waals surface area contributed by atoms with Crippen LogP contribution in [0.4, 0.5) is 4.79 Å². The molecule has 2 amide bonds. The molecule has 0 aliphatic carbocycles. The highest BCUT2D eigenvalue weighted by atomic mass is 16.5. The molecule has 0 radical (unpaired) electrons. The zero-order valence-corrected chi connectivity index (χ0v) is 14.0. The topological polar surface area (TPSA) is 41.6 Å². The third kappa shape index (κ3) is 5.66. The first-order valence-corrected chi connectivity index (χ1v) is 7.78. The summed E-state index contributed by atoms with van der Waals surface area (Å²) in [5, 5.41) is 2.90. The lowest BCUT2D eigenvalue weighted by Crippen LogP contribution is -2.39. The minimum Gasteiger partial charge on any atom is -0.492 e. The zero-order chi connectivity index (χ0) is 16.7. The Morgan fingerprint density at radius 3 is 2.39 bits per heavy atom. The summed E-state index contributed by atoms with van der Waals surface area (Å²) in [6.07, 6.45) is 0. The van der Waals surface area contributed by atoms with Gasteiger partial charge in [0, 0.05) is 13.6 Å². The van der Waals surface area contributed by atoms with Crippen LogP contribution in [0.1, 0.15) is 16.7 Å². The Morgan fingerprint density at radius 2 is 1.74 bits per heavy atom. The summed E-state index contributed by atoms with van der Waals surface area (Å²) in [5.41, 5.74) is 3.43. The maximum atomic E-state index is 12.0. The summed E-state index contributed by atoms with van der Waals surface area (Å²) in [6.45, 7) is 5.62. The number of carbonyl (C=O) groups is 1. The summed E-state index contributed by atoms with van der Waals surface area (Å²) in [6, 6.07) is 15.9. The van der Waals surface area contributed by atoms with Gasteiger partial charge in [-0.05, 0) is 42.7 Å². The molecule has 4 nitrogen and oxygen atoms in total. The first-order valence-electron chi connectivity index (χ1n) is 7.78. The lowest BCUT2D eigenvalue weighted by molar-refractivity contribution is 0.195. The maximum Gasteiger partial charge on any atom is 0.317 e. The fraction of sp³-hybridized carbons (Fsp3) is 0.316. The number of benzene rings is 2. The van der Waals surface area contributed by atoms with E-state index in [4.69, 9.17) is 4.74 Å². The van der Waals surface area contributed by atoms with Gasteiger partial charge in [0.15, 0.2) is 0 Å². The van der Waals surface area contributed by atoms with Gasteiger partial charge in [0.1, 0.15) is 12.4 Å². The predicted octanol–water partition coefficient (Wildman–Crippen LogP) is 3.52. The third-order valence-corrected chi connectivity index (χ3v) is 3.52. The van der Waals surface area contributed by atoms with Crippen LogP contribution in [0.5, 0.6) is 5.75 Å². The minimum atomic E-state index is -0.0992. The maximum absolute atomic E-state index is 12.0. The second-order valence-corrected chi connectivity index (χ2v) is 5.74. The minimum absolute atomic E-state index is 0.0992. The van der Waals surface area contributed by atoms with Crippen LogP contribution in [0.25, 0.3) is 0 Å². The summed E-state index contributed by atoms with van der Waals surface area (Å²) in [7, 11) is 1.77. The first-order chi connectivity index (χ1) is 11.0. The number of hydrogen-bond donors (Lipinski definition) is 1. The van der Waals surface area contributed by atoms with Gasteiger partial charge in [-0.1, -0.05) is 36.4 Å². The van der Waals surface area contributed by atoms with Crippen LogP contribution in [0, 0.1) is 13.8 Å². The molecule has 1 N–H and O–H groups in total. The van der Waals surface area contributed by atoms with E-state index in [0.29, 0.717) is 19.7 Å². The Morgan fingerprint density at radius 1 is 1.09 bits per heavy atom. The molecule has 2 rings (SSSR count). The van der Waals surface area contributed by atoms with Gasteiger partial charge < -0.3 is 15.0 Å². The van der Waals surface area contributed by atoms with E-state index in [1.165, 1.54) is 11.1 Å². The number of urea groups is 1. The number of nitrogens with one attached hydrogen (secondary N) is 1. The normalized spacial score (nSPS) is 10.2. The van der Waals surface area contributed by atoms with Crippen molar-refractivity contribution in [2.45, 2.75) is 20.4 Å². The van der Waals surface area contributed by atoms with E-state index in [0.717, 1.165) is 11.3 Å². The number of hydrogen-bond acceptors (Lipinski definition) is 2. The Balaban J connectivity index is 1.73. The number of rotatable bonds is 6. The van der Waals surface area contributed by atoms with Crippen LogP contribution in [-0.2, 0) is 6.54 Å². The summed E-state index contributed by atoms with van der Waals surface area (Å²) in [5.74, 6) is 0.848. The predicted molar refractivity (Wildman–Crippen MR) is 92.7 cm³/mol. The largest absolute Gasteiger partial charge is 0.492 e. The number of carbonyl (C=O) groups excluding carboxylic acids is 1. The van der Waals surface area contributed by atoms with E-state index in [1.807, 2.05) is 56.3 Å². The van der Waals surface area contributed by atoms with Crippen molar-refractivity contribution in [3.8, 4) is 5.75 Å². The molecule has 4 heteroatoms. The quantitative estimate of drug-likeness (QED) is 0.886. The van der Waals surface area contributed by atoms with Gasteiger partial charge in [0.05, 0.1) is 6.54 Å². The Labute approximate surface area is 138 Å². The second-order valence-electron chi connectivity index (χ2n) is 5.74. The molecule has 0 spiro atoms. The number of nitrogens with zero attached hydrogens (tertiary/aromatic N) is 1. The lowest BCUT2D eigenvalue weighted by Gasteiger charge is -2.18. The molecular weight excluding hydrogens is 288 g/mol. The fourth-order valence-corrected chi connectivity index (χ4v) is 2.33. The summed E-state index contributed by atoms with van der Waals surface area (Å²) < 4.78 is 5.73. The summed E-state index contributed by atoms with van der Waals surface area (Å²) in [4.78, 5) is 13.7. The molecule has 0 unspecified atom stereocenters. The van der Waals surface area contributed by atoms with Crippen molar-refractivity contribution in [2.75, 3.05) is 20.2 Å². The third-order valence-electron chi connectivity index (χ3n) is 3.52. The van der Waals surface area contributed by atoms with E-state index in [1.54, 1.807) is 11.9 Å². The van der Waals surface area contributed by atoms with Crippen LogP contribution in [0.2, 0.25) is 0 Å². The highest BCUT2D eigenvalue weighted by molar-refractivity contribution is 5.73. The average Bonchev–Trinajstić information content (AvgIpc) is 2.52. The number of likely N-dealkylation sites (N-methyl/N-ethyl adjacent to an activating group) is 1. The SMILES string of the molecule is Cc1cc(C)cc(OCCN(C)C(=O)NCc2ccccc2)c1. The first kappa shape index (κ1) is 16.9. The van der Waals surface area contributed by atoms with Gasteiger partial charge in [0.25, 0.3) is 0 Å². The van der Waals surface area contributed by atoms with Crippen molar-refractivity contribution < 1.29 is 9.53 Å². The van der Waals surface area contributed by atoms with Gasteiger partial charge in [0.2, 0.25) is 0 Å². The molecule has 2 aromatic rings. The van der Waals surface area contributed by atoms with Gasteiger partial charge >= 0.3 is 6.03 Å². The van der Waals surface area contributed by atoms with Crippen molar-refractivity contribution >= 4 is 6.03 Å². The standard InChI is InChI=1S/C19H24N2O2/c1-15-11-16(2)13-18(12-15)23-10-9-21(3)19(22)20-14-17-7-5-4-6-8-17/h4-8,11-13H,9-10,14H2,1-3H3,(H,20,22). The van der Waals surface area contributed by atoms with Gasteiger partial charge in [-0.2, -0.15) is 0 Å². The second kappa shape index (κ2) is 8.22. The zero-order valence-electron chi connectivity index (χ0n) is 14.0. The average molecular weight is 312 g/mol. The highest BCUT2D eigenvalue weighted by Crippen LogP contribution is 2.15. The van der Waals surface area contributed by atoms with Gasteiger partial charge in [-0.25, -0.2) is 4.79 Å². The fourth-order valence-electron chi connectivity index (χ4n) is 2.33. The van der Waals surface area contributed by atoms with Crippen molar-refractivity contribution in [3.63, 3.8) is 0 Å². The molecule has 0 atom stereocenters. The Hall–Kier alpha value is -2.49. The molecule has 122 valence electrons. The Kier molecular flexibility index (Phi) is 6.03. The van der Waals surface area contributed by atoms with Crippen LogP contribution in [-0.4, -0.2) is 31.1 Å². The van der Waals surface area contributed by atoms with E-state index in [9.17, 15) is 4.79 Å². The van der Waals surface area contributed by atoms with Crippen molar-refractivity contribution in [2.24, 2.45) is 0 Å². The molecule has 0 bridgehead atoms. The number of aryl methyl sites for hydroxylation is 2. The molecule has 0 aliphatic heterocycles. The van der Waals surface area contributed by atoms with Gasteiger partial charge in [-0.15, -0.1) is 0 Å². The Bertz CT molecular complexity index is 621. The molecule has 0 aliphatic rings. The van der Waals surface area contributed by atoms with E-state index < -0.39 is 0 Å². The van der Waals surface area contributed by atoms with E-state index >= 15 is 0 Å². The number of ether oxygens (including phenoxy) is 1. The van der Waals surface area contributed by atoms with Gasteiger partial charge in [-0.3, -0.25) is 0 Å². The molecule has 23 heavy (non-hydrogen) atoms. The summed E-state index contributed by atoms with van der Waals surface area (Å²) >= 11 is 0. The smallest absolute Gasteiger partial charge is 0.317 e. The molecule has 0 aromatic heterocycles. The molecular formula is C19H24N2O2. The molecule has 0 heterocycles.